The number of phenolic OH excluding ortho intramolecular Hbond substituents is 3. The zero-order valence-electron chi connectivity index (χ0n) is 10.4. The Morgan fingerprint density at radius 3 is 2.17 bits per heavy atom. The molecule has 0 aromatic heterocycles. The van der Waals surface area contributed by atoms with Crippen molar-refractivity contribution >= 4 is 0 Å². The predicted octanol–water partition coefficient (Wildman–Crippen LogP) is 3.01. The minimum absolute atomic E-state index is 0.111. The summed E-state index contributed by atoms with van der Waals surface area (Å²) in [6, 6.07) is 8.49. The Morgan fingerprint density at radius 2 is 1.50 bits per heavy atom. The van der Waals surface area contributed by atoms with E-state index in [1.54, 1.807) is 18.2 Å². The largest absolute Gasteiger partial charge is 0.508 e. The highest BCUT2D eigenvalue weighted by Gasteiger charge is 2.06. The summed E-state index contributed by atoms with van der Waals surface area (Å²) in [7, 11) is 0. The van der Waals surface area contributed by atoms with Crippen molar-refractivity contribution in [1.29, 1.82) is 0 Å². The number of aromatic hydroxyl groups is 3. The van der Waals surface area contributed by atoms with Crippen molar-refractivity contribution in [3.05, 3.63) is 52.6 Å². The van der Waals surface area contributed by atoms with Crippen LogP contribution in [0.2, 0.25) is 0 Å². The van der Waals surface area contributed by atoms with Gasteiger partial charge in [-0.3, -0.25) is 0 Å². The van der Waals surface area contributed by atoms with Gasteiger partial charge in [0.2, 0.25) is 0 Å². The summed E-state index contributed by atoms with van der Waals surface area (Å²) in [5, 5.41) is 28.3. The summed E-state index contributed by atoms with van der Waals surface area (Å²) in [5.41, 5.74) is 3.85. The van der Waals surface area contributed by atoms with E-state index in [-0.39, 0.29) is 11.5 Å². The fraction of sp³-hybridized carbons (Fsp3) is 0.200. The van der Waals surface area contributed by atoms with Gasteiger partial charge in [-0.15, -0.1) is 0 Å². The number of aryl methyl sites for hydroxylation is 2. The van der Waals surface area contributed by atoms with Crippen molar-refractivity contribution in [2.45, 2.75) is 20.3 Å². The number of hydrogen-bond acceptors (Lipinski definition) is 3. The van der Waals surface area contributed by atoms with Crippen LogP contribution in [-0.2, 0) is 6.42 Å². The smallest absolute Gasteiger partial charge is 0.157 e. The third kappa shape index (κ3) is 2.40. The molecule has 3 heteroatoms. The van der Waals surface area contributed by atoms with Crippen molar-refractivity contribution in [1.82, 2.24) is 0 Å². The molecular weight excluding hydrogens is 228 g/mol. The van der Waals surface area contributed by atoms with Crippen LogP contribution in [0, 0.1) is 13.8 Å². The Kier molecular flexibility index (Phi) is 3.15. The first kappa shape index (κ1) is 12.3. The standard InChI is InChI=1S/C15H16O3/c1-9-6-14(17)10(2)5-12(9)7-11-3-4-13(16)15(18)8-11/h3-6,8,16-18H,7H2,1-2H3. The fourth-order valence-corrected chi connectivity index (χ4v) is 1.95. The van der Waals surface area contributed by atoms with Gasteiger partial charge in [0.25, 0.3) is 0 Å². The lowest BCUT2D eigenvalue weighted by Gasteiger charge is -2.09. The Hall–Kier alpha value is -2.16. The molecule has 18 heavy (non-hydrogen) atoms. The summed E-state index contributed by atoms with van der Waals surface area (Å²) in [5.74, 6) is 0.0721. The molecule has 2 rings (SSSR count). The normalized spacial score (nSPS) is 10.6. The number of phenols is 3. The average Bonchev–Trinajstić information content (AvgIpc) is 2.31. The number of benzene rings is 2. The van der Waals surface area contributed by atoms with Crippen LogP contribution in [0.4, 0.5) is 0 Å². The molecule has 0 atom stereocenters. The van der Waals surface area contributed by atoms with Crippen LogP contribution in [0.1, 0.15) is 22.3 Å². The summed E-state index contributed by atoms with van der Waals surface area (Å²) < 4.78 is 0. The topological polar surface area (TPSA) is 60.7 Å². The molecule has 94 valence electrons. The van der Waals surface area contributed by atoms with E-state index in [0.717, 1.165) is 22.3 Å². The van der Waals surface area contributed by atoms with E-state index in [2.05, 4.69) is 0 Å². The van der Waals surface area contributed by atoms with Crippen LogP contribution in [0.3, 0.4) is 0 Å². The third-order valence-electron chi connectivity index (χ3n) is 3.09. The van der Waals surface area contributed by atoms with E-state index in [4.69, 9.17) is 0 Å². The Morgan fingerprint density at radius 1 is 0.778 bits per heavy atom. The molecule has 0 spiro atoms. The van der Waals surface area contributed by atoms with Crippen molar-refractivity contribution in [2.75, 3.05) is 0 Å². The molecule has 0 aliphatic heterocycles. The third-order valence-corrected chi connectivity index (χ3v) is 3.09. The van der Waals surface area contributed by atoms with Gasteiger partial charge in [0, 0.05) is 0 Å². The molecule has 0 saturated carbocycles. The van der Waals surface area contributed by atoms with Gasteiger partial charge in [-0.25, -0.2) is 0 Å². The van der Waals surface area contributed by atoms with Crippen LogP contribution in [0.5, 0.6) is 17.2 Å². The molecule has 3 N–H and O–H groups in total. The SMILES string of the molecule is Cc1cc(Cc2ccc(O)c(O)c2)c(C)cc1O. The van der Waals surface area contributed by atoms with E-state index in [0.29, 0.717) is 12.2 Å². The Balaban J connectivity index is 2.34. The molecular formula is C15H16O3. The molecule has 0 unspecified atom stereocenters. The molecule has 0 amide bonds. The molecule has 0 fully saturated rings. The maximum Gasteiger partial charge on any atom is 0.157 e. The summed E-state index contributed by atoms with van der Waals surface area (Å²) >= 11 is 0. The second-order valence-corrected chi connectivity index (χ2v) is 4.57. The van der Waals surface area contributed by atoms with Crippen molar-refractivity contribution in [3.63, 3.8) is 0 Å². The molecule has 0 bridgehead atoms. The van der Waals surface area contributed by atoms with Crippen LogP contribution in [0.25, 0.3) is 0 Å². The second kappa shape index (κ2) is 4.61. The van der Waals surface area contributed by atoms with E-state index in [9.17, 15) is 15.3 Å². The number of rotatable bonds is 2. The molecule has 0 saturated heterocycles. The molecule has 0 aliphatic carbocycles. The highest BCUT2D eigenvalue weighted by molar-refractivity contribution is 5.45. The first-order valence-electron chi connectivity index (χ1n) is 5.77. The van der Waals surface area contributed by atoms with Gasteiger partial charge in [0.1, 0.15) is 5.75 Å². The minimum atomic E-state index is -0.114. The van der Waals surface area contributed by atoms with Gasteiger partial charge in [0.15, 0.2) is 11.5 Å². The van der Waals surface area contributed by atoms with Crippen LogP contribution < -0.4 is 0 Å². The minimum Gasteiger partial charge on any atom is -0.508 e. The van der Waals surface area contributed by atoms with Crippen LogP contribution >= 0.6 is 0 Å². The quantitative estimate of drug-likeness (QED) is 0.712. The van der Waals surface area contributed by atoms with E-state index in [1.165, 1.54) is 6.07 Å². The first-order valence-corrected chi connectivity index (χ1v) is 5.77. The van der Waals surface area contributed by atoms with Gasteiger partial charge in [-0.2, -0.15) is 0 Å². The lowest BCUT2D eigenvalue weighted by molar-refractivity contribution is 0.403. The van der Waals surface area contributed by atoms with Crippen LogP contribution in [-0.4, -0.2) is 15.3 Å². The lowest BCUT2D eigenvalue weighted by atomic mass is 9.98. The van der Waals surface area contributed by atoms with Gasteiger partial charge < -0.3 is 15.3 Å². The highest BCUT2D eigenvalue weighted by Crippen LogP contribution is 2.28. The molecule has 0 radical (unpaired) electrons. The van der Waals surface area contributed by atoms with E-state index < -0.39 is 0 Å². The van der Waals surface area contributed by atoms with E-state index >= 15 is 0 Å². The first-order chi connectivity index (χ1) is 8.47. The van der Waals surface area contributed by atoms with Gasteiger partial charge in [-0.1, -0.05) is 12.1 Å². The Labute approximate surface area is 106 Å². The molecule has 3 nitrogen and oxygen atoms in total. The van der Waals surface area contributed by atoms with Crippen molar-refractivity contribution in [2.24, 2.45) is 0 Å². The summed E-state index contributed by atoms with van der Waals surface area (Å²) in [6.45, 7) is 3.79. The average molecular weight is 244 g/mol. The van der Waals surface area contributed by atoms with Crippen molar-refractivity contribution < 1.29 is 15.3 Å². The summed E-state index contributed by atoms with van der Waals surface area (Å²) in [6.07, 6.45) is 0.654. The number of hydrogen-bond donors (Lipinski definition) is 3. The highest BCUT2D eigenvalue weighted by atomic mass is 16.3. The predicted molar refractivity (Wildman–Crippen MR) is 70.2 cm³/mol. The van der Waals surface area contributed by atoms with Crippen molar-refractivity contribution in [3.8, 4) is 17.2 Å². The molecule has 0 aliphatic rings. The van der Waals surface area contributed by atoms with Gasteiger partial charge in [0.05, 0.1) is 0 Å². The van der Waals surface area contributed by atoms with E-state index in [1.807, 2.05) is 19.9 Å². The monoisotopic (exact) mass is 244 g/mol. The van der Waals surface area contributed by atoms with Gasteiger partial charge >= 0.3 is 0 Å². The Bertz CT molecular complexity index is 589. The second-order valence-electron chi connectivity index (χ2n) is 4.57. The maximum atomic E-state index is 9.60. The van der Waals surface area contributed by atoms with Crippen LogP contribution in [0.15, 0.2) is 30.3 Å². The fourth-order valence-electron chi connectivity index (χ4n) is 1.95. The molecule has 0 heterocycles. The zero-order valence-corrected chi connectivity index (χ0v) is 10.4. The zero-order chi connectivity index (χ0) is 13.3. The summed E-state index contributed by atoms with van der Waals surface area (Å²) in [4.78, 5) is 0. The molecule has 2 aromatic carbocycles. The molecule has 2 aromatic rings. The maximum absolute atomic E-state index is 9.60. The lowest BCUT2D eigenvalue weighted by Crippen LogP contribution is -1.93. The van der Waals surface area contributed by atoms with Gasteiger partial charge in [-0.05, 0) is 60.7 Å².